The molecule has 2 aliphatic rings. The summed E-state index contributed by atoms with van der Waals surface area (Å²) < 4.78 is 11.6. The van der Waals surface area contributed by atoms with E-state index >= 15 is 0 Å². The third kappa shape index (κ3) is 2.63. The molecule has 110 valence electrons. The van der Waals surface area contributed by atoms with Crippen LogP contribution in [0.2, 0.25) is 0 Å². The minimum atomic E-state index is -0.0450. The number of nitrogens with two attached hydrogens (primary N) is 1. The van der Waals surface area contributed by atoms with Gasteiger partial charge in [-0.3, -0.25) is 0 Å². The highest BCUT2D eigenvalue weighted by Crippen LogP contribution is 2.36. The first-order chi connectivity index (χ1) is 9.72. The SMILES string of the molecule is CCN(c1cccc(N)c1)C1CCOC2(CCOC2)C1. The summed E-state index contributed by atoms with van der Waals surface area (Å²) in [6.45, 7) is 5.60. The standard InChI is InChI=1S/C16H24N2O2/c1-2-18(14-5-3-4-13(17)10-14)15-6-8-20-16(11-15)7-9-19-12-16/h3-5,10,15H,2,6-9,11-12,17H2,1H3. The van der Waals surface area contributed by atoms with E-state index in [1.807, 2.05) is 12.1 Å². The minimum Gasteiger partial charge on any atom is -0.399 e. The maximum atomic E-state index is 6.03. The van der Waals surface area contributed by atoms with E-state index in [1.54, 1.807) is 0 Å². The second-order valence-corrected chi connectivity index (χ2v) is 5.86. The van der Waals surface area contributed by atoms with Crippen LogP contribution < -0.4 is 10.6 Å². The Bertz CT molecular complexity index is 458. The fourth-order valence-corrected chi connectivity index (χ4v) is 3.49. The summed E-state index contributed by atoms with van der Waals surface area (Å²) >= 11 is 0. The van der Waals surface area contributed by atoms with Crippen molar-refractivity contribution in [3.8, 4) is 0 Å². The van der Waals surface area contributed by atoms with Crippen LogP contribution in [0.25, 0.3) is 0 Å². The smallest absolute Gasteiger partial charge is 0.0956 e. The third-order valence-electron chi connectivity index (χ3n) is 4.52. The first-order valence-corrected chi connectivity index (χ1v) is 7.56. The molecule has 2 fully saturated rings. The predicted octanol–water partition coefficient (Wildman–Crippen LogP) is 2.43. The number of rotatable bonds is 3. The van der Waals surface area contributed by atoms with Crippen molar-refractivity contribution in [3.63, 3.8) is 0 Å². The highest BCUT2D eigenvalue weighted by molar-refractivity contribution is 5.56. The lowest BCUT2D eigenvalue weighted by atomic mass is 9.88. The van der Waals surface area contributed by atoms with Crippen LogP contribution in [0.5, 0.6) is 0 Å². The summed E-state index contributed by atoms with van der Waals surface area (Å²) in [6, 6.07) is 8.69. The molecule has 0 bridgehead atoms. The molecule has 2 heterocycles. The molecule has 2 atom stereocenters. The first-order valence-electron chi connectivity index (χ1n) is 7.56. The van der Waals surface area contributed by atoms with Gasteiger partial charge in [0.05, 0.1) is 12.2 Å². The van der Waals surface area contributed by atoms with E-state index < -0.39 is 0 Å². The summed E-state index contributed by atoms with van der Waals surface area (Å²) in [4.78, 5) is 2.46. The topological polar surface area (TPSA) is 47.7 Å². The van der Waals surface area contributed by atoms with E-state index in [1.165, 1.54) is 5.69 Å². The molecular formula is C16H24N2O2. The van der Waals surface area contributed by atoms with Crippen molar-refractivity contribution in [1.82, 2.24) is 0 Å². The molecule has 0 radical (unpaired) electrons. The maximum absolute atomic E-state index is 6.03. The van der Waals surface area contributed by atoms with Gasteiger partial charge in [0.15, 0.2) is 0 Å². The van der Waals surface area contributed by atoms with Crippen molar-refractivity contribution in [2.45, 2.75) is 37.8 Å². The summed E-state index contributed by atoms with van der Waals surface area (Å²) in [6.07, 6.45) is 3.15. The van der Waals surface area contributed by atoms with Gasteiger partial charge in [0.1, 0.15) is 0 Å². The van der Waals surface area contributed by atoms with Crippen molar-refractivity contribution in [2.24, 2.45) is 0 Å². The molecule has 0 amide bonds. The van der Waals surface area contributed by atoms with Gasteiger partial charge in [-0.05, 0) is 38.0 Å². The van der Waals surface area contributed by atoms with Crippen LogP contribution in [0, 0.1) is 0 Å². The van der Waals surface area contributed by atoms with Crippen LogP contribution in [0.3, 0.4) is 0 Å². The molecule has 0 aliphatic carbocycles. The van der Waals surface area contributed by atoms with Crippen molar-refractivity contribution in [2.75, 3.05) is 37.0 Å². The van der Waals surface area contributed by atoms with Crippen LogP contribution in [-0.4, -0.2) is 38.0 Å². The number of benzene rings is 1. The molecule has 3 rings (SSSR count). The number of hydrogen-bond donors (Lipinski definition) is 1. The van der Waals surface area contributed by atoms with Crippen molar-refractivity contribution in [3.05, 3.63) is 24.3 Å². The number of nitrogens with zero attached hydrogens (tertiary/aromatic N) is 1. The van der Waals surface area contributed by atoms with Gasteiger partial charge in [-0.25, -0.2) is 0 Å². The Hall–Kier alpha value is -1.26. The van der Waals surface area contributed by atoms with E-state index in [2.05, 4.69) is 24.0 Å². The Kier molecular flexibility index (Phi) is 3.85. The molecule has 4 heteroatoms. The quantitative estimate of drug-likeness (QED) is 0.861. The summed E-state index contributed by atoms with van der Waals surface area (Å²) in [7, 11) is 0. The largest absolute Gasteiger partial charge is 0.399 e. The predicted molar refractivity (Wildman–Crippen MR) is 81.0 cm³/mol. The average Bonchev–Trinajstić information content (AvgIpc) is 2.88. The number of anilines is 2. The monoisotopic (exact) mass is 276 g/mol. The van der Waals surface area contributed by atoms with Gasteiger partial charge >= 0.3 is 0 Å². The summed E-state index contributed by atoms with van der Waals surface area (Å²) in [5, 5.41) is 0. The normalized spacial score (nSPS) is 29.8. The molecular weight excluding hydrogens is 252 g/mol. The fraction of sp³-hybridized carbons (Fsp3) is 0.625. The molecule has 2 aliphatic heterocycles. The molecule has 1 aromatic rings. The molecule has 2 unspecified atom stereocenters. The van der Waals surface area contributed by atoms with E-state index in [0.29, 0.717) is 6.04 Å². The van der Waals surface area contributed by atoms with Crippen LogP contribution >= 0.6 is 0 Å². The molecule has 0 saturated carbocycles. The average molecular weight is 276 g/mol. The van der Waals surface area contributed by atoms with E-state index in [9.17, 15) is 0 Å². The van der Waals surface area contributed by atoms with Gasteiger partial charge in [-0.15, -0.1) is 0 Å². The molecule has 2 N–H and O–H groups in total. The van der Waals surface area contributed by atoms with Gasteiger partial charge in [-0.1, -0.05) is 6.07 Å². The Labute approximate surface area is 120 Å². The van der Waals surface area contributed by atoms with Crippen LogP contribution in [0.15, 0.2) is 24.3 Å². The molecule has 1 spiro atoms. The molecule has 0 aromatic heterocycles. The lowest BCUT2D eigenvalue weighted by Crippen LogP contribution is -2.49. The number of ether oxygens (including phenoxy) is 2. The molecule has 2 saturated heterocycles. The zero-order valence-electron chi connectivity index (χ0n) is 12.2. The number of nitrogen functional groups attached to an aromatic ring is 1. The Balaban J connectivity index is 1.78. The third-order valence-corrected chi connectivity index (χ3v) is 4.52. The zero-order valence-corrected chi connectivity index (χ0v) is 12.2. The van der Waals surface area contributed by atoms with E-state index in [4.69, 9.17) is 15.2 Å². The van der Waals surface area contributed by atoms with Crippen molar-refractivity contribution < 1.29 is 9.47 Å². The highest BCUT2D eigenvalue weighted by atomic mass is 16.6. The number of hydrogen-bond acceptors (Lipinski definition) is 4. The Morgan fingerprint density at radius 1 is 1.40 bits per heavy atom. The second kappa shape index (κ2) is 5.62. The van der Waals surface area contributed by atoms with Crippen LogP contribution in [0.1, 0.15) is 26.2 Å². The van der Waals surface area contributed by atoms with E-state index in [0.717, 1.165) is 51.3 Å². The van der Waals surface area contributed by atoms with Gasteiger partial charge in [0.25, 0.3) is 0 Å². The van der Waals surface area contributed by atoms with Gasteiger partial charge < -0.3 is 20.1 Å². The Morgan fingerprint density at radius 3 is 3.00 bits per heavy atom. The van der Waals surface area contributed by atoms with Crippen molar-refractivity contribution >= 4 is 11.4 Å². The minimum absolute atomic E-state index is 0.0450. The van der Waals surface area contributed by atoms with Crippen molar-refractivity contribution in [1.29, 1.82) is 0 Å². The lowest BCUT2D eigenvalue weighted by Gasteiger charge is -2.43. The van der Waals surface area contributed by atoms with Gasteiger partial charge in [0.2, 0.25) is 0 Å². The summed E-state index contributed by atoms with van der Waals surface area (Å²) in [5.41, 5.74) is 7.92. The lowest BCUT2D eigenvalue weighted by molar-refractivity contribution is -0.0858. The zero-order chi connectivity index (χ0) is 14.0. The molecule has 20 heavy (non-hydrogen) atoms. The van der Waals surface area contributed by atoms with Crippen LogP contribution in [-0.2, 0) is 9.47 Å². The molecule has 1 aromatic carbocycles. The first kappa shape index (κ1) is 13.7. The highest BCUT2D eigenvalue weighted by Gasteiger charge is 2.42. The van der Waals surface area contributed by atoms with Gasteiger partial charge in [-0.2, -0.15) is 0 Å². The Morgan fingerprint density at radius 2 is 2.30 bits per heavy atom. The van der Waals surface area contributed by atoms with E-state index in [-0.39, 0.29) is 5.60 Å². The summed E-state index contributed by atoms with van der Waals surface area (Å²) in [5.74, 6) is 0. The van der Waals surface area contributed by atoms with Gasteiger partial charge in [0, 0.05) is 43.6 Å². The second-order valence-electron chi connectivity index (χ2n) is 5.86. The molecule has 4 nitrogen and oxygen atoms in total. The fourth-order valence-electron chi connectivity index (χ4n) is 3.49. The van der Waals surface area contributed by atoms with Crippen LogP contribution in [0.4, 0.5) is 11.4 Å². The maximum Gasteiger partial charge on any atom is 0.0956 e.